The van der Waals surface area contributed by atoms with Crippen molar-refractivity contribution in [3.8, 4) is 0 Å². The minimum absolute atomic E-state index is 0.730. The Labute approximate surface area is 142 Å². The first-order valence-corrected chi connectivity index (χ1v) is 9.22. The Bertz CT molecular complexity index is 475. The van der Waals surface area contributed by atoms with Gasteiger partial charge in [0.15, 0.2) is 0 Å². The molecule has 23 heavy (non-hydrogen) atoms. The third kappa shape index (κ3) is 6.35. The summed E-state index contributed by atoms with van der Waals surface area (Å²) in [4.78, 5) is 0. The monoisotopic (exact) mass is 312 g/mol. The van der Waals surface area contributed by atoms with Crippen molar-refractivity contribution in [2.45, 2.75) is 64.9 Å². The molecule has 0 heterocycles. The van der Waals surface area contributed by atoms with Gasteiger partial charge in [0.05, 0.1) is 13.2 Å². The lowest BCUT2D eigenvalue weighted by atomic mass is 9.77. The van der Waals surface area contributed by atoms with E-state index in [1.54, 1.807) is 0 Å². The highest BCUT2D eigenvalue weighted by Gasteiger charge is 2.21. The van der Waals surface area contributed by atoms with Crippen LogP contribution in [0.3, 0.4) is 0 Å². The van der Waals surface area contributed by atoms with Crippen LogP contribution in [-0.4, -0.2) is 6.61 Å². The molecule has 0 unspecified atom stereocenters. The van der Waals surface area contributed by atoms with Crippen LogP contribution in [0.4, 0.5) is 0 Å². The Morgan fingerprint density at radius 1 is 0.957 bits per heavy atom. The van der Waals surface area contributed by atoms with E-state index in [1.165, 1.54) is 43.2 Å². The lowest BCUT2D eigenvalue weighted by Crippen LogP contribution is -2.12. The standard InChI is InChI=1S/C22H32O/c1-3-5-7-17-23-18-20-11-15-22(16-12-20)21-13-9-19(10-14-21)8-6-4-2/h3-6,11-12,15-16,19,21H,7-10,13-14,17-18H2,1-2H3/b5-3+,6-4+. The molecule has 2 rings (SSSR count). The maximum Gasteiger partial charge on any atom is 0.0717 e. The second-order valence-electron chi connectivity index (χ2n) is 6.67. The van der Waals surface area contributed by atoms with E-state index in [9.17, 15) is 0 Å². The highest BCUT2D eigenvalue weighted by Crippen LogP contribution is 2.37. The summed E-state index contributed by atoms with van der Waals surface area (Å²) in [5.41, 5.74) is 2.81. The van der Waals surface area contributed by atoms with Gasteiger partial charge in [0, 0.05) is 0 Å². The van der Waals surface area contributed by atoms with E-state index in [4.69, 9.17) is 4.74 Å². The van der Waals surface area contributed by atoms with E-state index in [0.29, 0.717) is 0 Å². The van der Waals surface area contributed by atoms with Crippen LogP contribution in [0.5, 0.6) is 0 Å². The fourth-order valence-electron chi connectivity index (χ4n) is 3.45. The molecular formula is C22H32O. The summed E-state index contributed by atoms with van der Waals surface area (Å²) < 4.78 is 5.70. The summed E-state index contributed by atoms with van der Waals surface area (Å²) in [5, 5.41) is 0. The predicted octanol–water partition coefficient (Wildman–Crippen LogP) is 6.41. The van der Waals surface area contributed by atoms with E-state index in [-0.39, 0.29) is 0 Å². The lowest BCUT2D eigenvalue weighted by Gasteiger charge is -2.28. The van der Waals surface area contributed by atoms with Crippen molar-refractivity contribution in [2.75, 3.05) is 6.61 Å². The molecule has 0 atom stereocenters. The van der Waals surface area contributed by atoms with Crippen molar-refractivity contribution >= 4 is 0 Å². The molecule has 0 aliphatic heterocycles. The minimum Gasteiger partial charge on any atom is -0.376 e. The molecule has 1 aromatic carbocycles. The van der Waals surface area contributed by atoms with Gasteiger partial charge in [-0.15, -0.1) is 0 Å². The van der Waals surface area contributed by atoms with Crippen molar-refractivity contribution in [3.05, 3.63) is 59.7 Å². The maximum atomic E-state index is 5.70. The van der Waals surface area contributed by atoms with Crippen molar-refractivity contribution in [3.63, 3.8) is 0 Å². The van der Waals surface area contributed by atoms with Gasteiger partial charge in [-0.1, -0.05) is 48.6 Å². The van der Waals surface area contributed by atoms with E-state index in [2.05, 4.69) is 55.5 Å². The highest BCUT2D eigenvalue weighted by atomic mass is 16.5. The number of hydrogen-bond acceptors (Lipinski definition) is 1. The topological polar surface area (TPSA) is 9.23 Å². The van der Waals surface area contributed by atoms with Crippen LogP contribution in [0.1, 0.15) is 69.4 Å². The molecule has 0 saturated heterocycles. The maximum absolute atomic E-state index is 5.70. The van der Waals surface area contributed by atoms with Gasteiger partial charge >= 0.3 is 0 Å². The van der Waals surface area contributed by atoms with Crippen LogP contribution in [0.2, 0.25) is 0 Å². The molecule has 0 radical (unpaired) electrons. The van der Waals surface area contributed by atoms with Gasteiger partial charge in [0.1, 0.15) is 0 Å². The molecule has 0 spiro atoms. The Kier molecular flexibility index (Phi) is 8.17. The van der Waals surface area contributed by atoms with Crippen LogP contribution in [0, 0.1) is 5.92 Å². The normalized spacial score (nSPS) is 22.2. The molecule has 0 aromatic heterocycles. The lowest BCUT2D eigenvalue weighted by molar-refractivity contribution is 0.125. The van der Waals surface area contributed by atoms with Gasteiger partial charge in [-0.3, -0.25) is 0 Å². The van der Waals surface area contributed by atoms with E-state index >= 15 is 0 Å². The molecule has 1 saturated carbocycles. The van der Waals surface area contributed by atoms with Crippen molar-refractivity contribution in [2.24, 2.45) is 5.92 Å². The molecule has 1 nitrogen and oxygen atoms in total. The first-order chi connectivity index (χ1) is 11.3. The van der Waals surface area contributed by atoms with Gasteiger partial charge in [0.25, 0.3) is 0 Å². The Morgan fingerprint density at radius 3 is 2.30 bits per heavy atom. The largest absolute Gasteiger partial charge is 0.376 e. The number of rotatable bonds is 8. The van der Waals surface area contributed by atoms with Crippen LogP contribution in [0.25, 0.3) is 0 Å². The first kappa shape index (κ1) is 18.0. The molecule has 1 fully saturated rings. The molecule has 126 valence electrons. The zero-order valence-electron chi connectivity index (χ0n) is 14.8. The predicted molar refractivity (Wildman–Crippen MR) is 99.7 cm³/mol. The molecule has 0 N–H and O–H groups in total. The highest BCUT2D eigenvalue weighted by molar-refractivity contribution is 5.25. The Balaban J connectivity index is 1.74. The van der Waals surface area contributed by atoms with Crippen LogP contribution in [-0.2, 0) is 11.3 Å². The zero-order valence-corrected chi connectivity index (χ0v) is 14.8. The van der Waals surface area contributed by atoms with Gasteiger partial charge < -0.3 is 4.74 Å². The molecule has 1 aromatic rings. The summed E-state index contributed by atoms with van der Waals surface area (Å²) >= 11 is 0. The van der Waals surface area contributed by atoms with Crippen LogP contribution in [0.15, 0.2) is 48.6 Å². The summed E-state index contributed by atoms with van der Waals surface area (Å²) in [6, 6.07) is 9.14. The summed E-state index contributed by atoms with van der Waals surface area (Å²) in [6.07, 6.45) is 16.5. The molecule has 1 aliphatic carbocycles. The average molecular weight is 312 g/mol. The number of benzene rings is 1. The molecule has 0 bridgehead atoms. The molecular weight excluding hydrogens is 280 g/mol. The van der Waals surface area contributed by atoms with Gasteiger partial charge in [0.2, 0.25) is 0 Å². The third-order valence-corrected chi connectivity index (χ3v) is 4.94. The quantitative estimate of drug-likeness (QED) is 0.398. The SMILES string of the molecule is C/C=C/CCOCc1ccc(C2CCC(C/C=C/C)CC2)cc1. The van der Waals surface area contributed by atoms with Gasteiger partial charge in [-0.25, -0.2) is 0 Å². The van der Waals surface area contributed by atoms with Gasteiger partial charge in [-0.2, -0.15) is 0 Å². The van der Waals surface area contributed by atoms with E-state index in [1.807, 2.05) is 6.92 Å². The van der Waals surface area contributed by atoms with Crippen molar-refractivity contribution < 1.29 is 4.74 Å². The average Bonchev–Trinajstić information content (AvgIpc) is 2.61. The van der Waals surface area contributed by atoms with Gasteiger partial charge in [-0.05, 0) is 75.3 Å². The van der Waals surface area contributed by atoms with Crippen molar-refractivity contribution in [1.29, 1.82) is 0 Å². The second kappa shape index (κ2) is 10.4. The summed E-state index contributed by atoms with van der Waals surface area (Å²) in [5.74, 6) is 1.67. The number of hydrogen-bond donors (Lipinski definition) is 0. The van der Waals surface area contributed by atoms with Crippen LogP contribution < -0.4 is 0 Å². The third-order valence-electron chi connectivity index (χ3n) is 4.94. The smallest absolute Gasteiger partial charge is 0.0717 e. The minimum atomic E-state index is 0.730. The number of allylic oxidation sites excluding steroid dienone is 3. The number of ether oxygens (including phenoxy) is 1. The fraction of sp³-hybridized carbons (Fsp3) is 0.545. The first-order valence-electron chi connectivity index (χ1n) is 9.22. The molecule has 1 heteroatoms. The van der Waals surface area contributed by atoms with E-state index < -0.39 is 0 Å². The Hall–Kier alpha value is -1.34. The van der Waals surface area contributed by atoms with Crippen molar-refractivity contribution in [1.82, 2.24) is 0 Å². The summed E-state index contributed by atoms with van der Waals surface area (Å²) in [6.45, 7) is 5.71. The van der Waals surface area contributed by atoms with Crippen LogP contribution >= 0.6 is 0 Å². The summed E-state index contributed by atoms with van der Waals surface area (Å²) in [7, 11) is 0. The molecule has 0 amide bonds. The Morgan fingerprint density at radius 2 is 1.65 bits per heavy atom. The second-order valence-corrected chi connectivity index (χ2v) is 6.67. The molecule has 1 aliphatic rings. The fourth-order valence-corrected chi connectivity index (χ4v) is 3.45. The zero-order chi connectivity index (χ0) is 16.3. The van der Waals surface area contributed by atoms with E-state index in [0.717, 1.165) is 31.5 Å².